The number of aliphatic carboxylic acids is 1. The van der Waals surface area contributed by atoms with Crippen molar-refractivity contribution in [1.29, 1.82) is 0 Å². The maximum atomic E-state index is 11.5. The lowest BCUT2D eigenvalue weighted by atomic mass is 10.2. The van der Waals surface area contributed by atoms with Crippen LogP contribution in [0.1, 0.15) is 25.8 Å². The summed E-state index contributed by atoms with van der Waals surface area (Å²) in [4.78, 5) is 22.2. The molecule has 1 heterocycles. The molecule has 1 aliphatic rings. The second-order valence-electron chi connectivity index (χ2n) is 5.08. The average molecular weight is 335 g/mol. The molecule has 0 unspecified atom stereocenters. The topological polar surface area (TPSA) is 100 Å². The van der Waals surface area contributed by atoms with Crippen molar-refractivity contribution in [2.75, 3.05) is 0 Å². The van der Waals surface area contributed by atoms with Crippen LogP contribution >= 0.6 is 11.8 Å². The van der Waals surface area contributed by atoms with Gasteiger partial charge in [-0.3, -0.25) is 9.59 Å². The van der Waals surface area contributed by atoms with E-state index in [4.69, 9.17) is 9.84 Å². The largest absolute Gasteiger partial charge is 0.491 e. The molecule has 2 N–H and O–H groups in total. The van der Waals surface area contributed by atoms with Gasteiger partial charge in [-0.25, -0.2) is 0 Å². The van der Waals surface area contributed by atoms with Crippen LogP contribution in [0.15, 0.2) is 34.5 Å². The first kappa shape index (κ1) is 17.0. The van der Waals surface area contributed by atoms with Crippen LogP contribution in [0, 0.1) is 0 Å². The summed E-state index contributed by atoms with van der Waals surface area (Å²) in [6.45, 7) is 3.91. The number of thioether (sulfide) groups is 1. The van der Waals surface area contributed by atoms with Gasteiger partial charge in [0.25, 0.3) is 0 Å². The highest BCUT2D eigenvalue weighted by molar-refractivity contribution is 8.15. The highest BCUT2D eigenvalue weighted by atomic mass is 32.2. The van der Waals surface area contributed by atoms with E-state index in [-0.39, 0.29) is 18.4 Å². The number of nitrogens with zero attached hydrogens (tertiary/aromatic N) is 2. The fourth-order valence-corrected chi connectivity index (χ4v) is 2.71. The zero-order valence-electron chi connectivity index (χ0n) is 12.7. The Morgan fingerprint density at radius 2 is 2.13 bits per heavy atom. The quantitative estimate of drug-likeness (QED) is 0.610. The standard InChI is InChI=1S/C15H17N3O4S/c1-9(2)22-11-5-3-10(4-6-11)8-16-18-15-17-14(21)12(23-15)7-13(19)20/h3-6,8-9,12H,7H2,1-2H3,(H,19,20)(H,17,18,21)/b16-8-/t12-/m0/s1. The number of amides is 1. The molecule has 0 aromatic heterocycles. The van der Waals surface area contributed by atoms with Crippen LogP contribution in [0.4, 0.5) is 0 Å². The third-order valence-electron chi connectivity index (χ3n) is 2.74. The van der Waals surface area contributed by atoms with Crippen molar-refractivity contribution in [1.82, 2.24) is 5.32 Å². The van der Waals surface area contributed by atoms with E-state index in [2.05, 4.69) is 15.5 Å². The molecule has 1 amide bonds. The first-order valence-corrected chi connectivity index (χ1v) is 7.89. The van der Waals surface area contributed by atoms with Crippen LogP contribution in [0.5, 0.6) is 5.75 Å². The van der Waals surface area contributed by atoms with Crippen LogP contribution < -0.4 is 10.1 Å². The van der Waals surface area contributed by atoms with E-state index in [0.29, 0.717) is 5.17 Å². The van der Waals surface area contributed by atoms with Crippen LogP contribution in [0.25, 0.3) is 0 Å². The van der Waals surface area contributed by atoms with Crippen molar-refractivity contribution in [2.45, 2.75) is 31.6 Å². The SMILES string of the molecule is CC(C)Oc1ccc(/C=N\N=C2/NC(=O)[C@H](CC(=O)O)S2)cc1. The van der Waals surface area contributed by atoms with Crippen LogP contribution in [0.2, 0.25) is 0 Å². The summed E-state index contributed by atoms with van der Waals surface area (Å²) in [7, 11) is 0. The maximum Gasteiger partial charge on any atom is 0.305 e. The maximum absolute atomic E-state index is 11.5. The molecule has 1 atom stereocenters. The van der Waals surface area contributed by atoms with Gasteiger partial charge in [0, 0.05) is 0 Å². The van der Waals surface area contributed by atoms with E-state index in [1.165, 1.54) is 0 Å². The third kappa shape index (κ3) is 5.41. The number of carboxylic acid groups (broad SMARTS) is 1. The fourth-order valence-electron chi connectivity index (χ4n) is 1.80. The first-order chi connectivity index (χ1) is 10.9. The summed E-state index contributed by atoms with van der Waals surface area (Å²) in [6.07, 6.45) is 1.42. The molecule has 122 valence electrons. The van der Waals surface area contributed by atoms with Gasteiger partial charge < -0.3 is 15.2 Å². The van der Waals surface area contributed by atoms with Gasteiger partial charge in [-0.2, -0.15) is 5.10 Å². The number of carbonyl (C=O) groups excluding carboxylic acids is 1. The zero-order chi connectivity index (χ0) is 16.8. The summed E-state index contributed by atoms with van der Waals surface area (Å²) in [5.41, 5.74) is 0.835. The normalized spacial score (nSPS) is 19.5. The summed E-state index contributed by atoms with van der Waals surface area (Å²) >= 11 is 1.07. The average Bonchev–Trinajstić information content (AvgIpc) is 2.80. The molecule has 1 aromatic rings. The minimum atomic E-state index is -1.02. The highest BCUT2D eigenvalue weighted by Crippen LogP contribution is 2.22. The van der Waals surface area contributed by atoms with Gasteiger partial charge in [0.2, 0.25) is 5.91 Å². The van der Waals surface area contributed by atoms with E-state index in [1.807, 2.05) is 38.1 Å². The van der Waals surface area contributed by atoms with Crippen LogP contribution in [-0.4, -0.2) is 39.7 Å². The predicted molar refractivity (Wildman–Crippen MR) is 89.0 cm³/mol. The molecule has 0 radical (unpaired) electrons. The minimum absolute atomic E-state index is 0.114. The van der Waals surface area contributed by atoms with E-state index in [9.17, 15) is 9.59 Å². The molecular weight excluding hydrogens is 318 g/mol. The molecule has 0 saturated carbocycles. The van der Waals surface area contributed by atoms with Gasteiger partial charge in [0.05, 0.1) is 18.7 Å². The molecule has 0 aliphatic carbocycles. The van der Waals surface area contributed by atoms with Crippen molar-refractivity contribution in [3.05, 3.63) is 29.8 Å². The predicted octanol–water partition coefficient (Wildman–Crippen LogP) is 1.87. The molecule has 0 spiro atoms. The van der Waals surface area contributed by atoms with Crippen LogP contribution in [-0.2, 0) is 9.59 Å². The molecular formula is C15H17N3O4S. The van der Waals surface area contributed by atoms with E-state index >= 15 is 0 Å². The molecule has 2 rings (SSSR count). The Morgan fingerprint density at radius 3 is 2.74 bits per heavy atom. The number of hydrogen-bond donors (Lipinski definition) is 2. The summed E-state index contributed by atoms with van der Waals surface area (Å²) in [5, 5.41) is 18.6. The third-order valence-corrected chi connectivity index (χ3v) is 3.82. The van der Waals surface area contributed by atoms with Crippen molar-refractivity contribution in [3.8, 4) is 5.75 Å². The van der Waals surface area contributed by atoms with Gasteiger partial charge >= 0.3 is 5.97 Å². The molecule has 7 nitrogen and oxygen atoms in total. The summed E-state index contributed by atoms with van der Waals surface area (Å²) in [5.74, 6) is -0.605. The Morgan fingerprint density at radius 1 is 1.43 bits per heavy atom. The number of nitrogens with one attached hydrogen (secondary N) is 1. The number of ether oxygens (including phenoxy) is 1. The Hall–Kier alpha value is -2.35. The second kappa shape index (κ2) is 7.77. The Labute approximate surface area is 137 Å². The molecule has 1 fully saturated rings. The van der Waals surface area contributed by atoms with Gasteiger partial charge in [-0.15, -0.1) is 5.10 Å². The molecule has 1 aromatic carbocycles. The van der Waals surface area contributed by atoms with Gasteiger partial charge in [0.15, 0.2) is 5.17 Å². The Kier molecular flexibility index (Phi) is 5.75. The summed E-state index contributed by atoms with van der Waals surface area (Å²) < 4.78 is 5.54. The van der Waals surface area contributed by atoms with Gasteiger partial charge in [-0.1, -0.05) is 11.8 Å². The van der Waals surface area contributed by atoms with E-state index < -0.39 is 11.2 Å². The highest BCUT2D eigenvalue weighted by Gasteiger charge is 2.32. The van der Waals surface area contributed by atoms with Gasteiger partial charge in [0.1, 0.15) is 11.0 Å². The molecule has 1 aliphatic heterocycles. The van der Waals surface area contributed by atoms with E-state index in [1.54, 1.807) is 6.21 Å². The van der Waals surface area contributed by atoms with E-state index in [0.717, 1.165) is 23.1 Å². The van der Waals surface area contributed by atoms with Gasteiger partial charge in [-0.05, 0) is 43.7 Å². The second-order valence-corrected chi connectivity index (χ2v) is 6.27. The first-order valence-electron chi connectivity index (χ1n) is 7.01. The molecule has 23 heavy (non-hydrogen) atoms. The molecule has 1 saturated heterocycles. The lowest BCUT2D eigenvalue weighted by molar-refractivity contribution is -0.138. The Bertz CT molecular complexity index is 641. The number of amidine groups is 1. The molecule has 8 heteroatoms. The van der Waals surface area contributed by atoms with Crippen molar-refractivity contribution in [3.63, 3.8) is 0 Å². The fraction of sp³-hybridized carbons (Fsp3) is 0.333. The number of rotatable bonds is 6. The number of carbonyl (C=O) groups is 2. The number of benzene rings is 1. The lowest BCUT2D eigenvalue weighted by Gasteiger charge is -2.08. The monoisotopic (exact) mass is 335 g/mol. The lowest BCUT2D eigenvalue weighted by Crippen LogP contribution is -2.26. The smallest absolute Gasteiger partial charge is 0.305 e. The minimum Gasteiger partial charge on any atom is -0.491 e. The Balaban J connectivity index is 1.93. The van der Waals surface area contributed by atoms with Crippen molar-refractivity contribution < 1.29 is 19.4 Å². The summed E-state index contributed by atoms with van der Waals surface area (Å²) in [6, 6.07) is 7.36. The number of hydrogen-bond acceptors (Lipinski definition) is 6. The molecule has 0 bridgehead atoms. The van der Waals surface area contributed by atoms with Crippen LogP contribution in [0.3, 0.4) is 0 Å². The van der Waals surface area contributed by atoms with Crippen molar-refractivity contribution in [2.24, 2.45) is 10.2 Å². The zero-order valence-corrected chi connectivity index (χ0v) is 13.5. The number of carboxylic acids is 1. The van der Waals surface area contributed by atoms with Crippen molar-refractivity contribution >= 4 is 35.0 Å².